The summed E-state index contributed by atoms with van der Waals surface area (Å²) in [5.74, 6) is 0.0292. The van der Waals surface area contributed by atoms with Crippen LogP contribution in [0, 0.1) is 11.3 Å². The van der Waals surface area contributed by atoms with E-state index < -0.39 is 0 Å². The van der Waals surface area contributed by atoms with E-state index in [0.29, 0.717) is 25.1 Å². The zero-order valence-electron chi connectivity index (χ0n) is 13.1. The maximum absolute atomic E-state index is 11.8. The van der Waals surface area contributed by atoms with Crippen LogP contribution in [0.5, 0.6) is 0 Å². The fraction of sp³-hybridized carbons (Fsp3) is 0.263. The summed E-state index contributed by atoms with van der Waals surface area (Å²) in [7, 11) is 0. The van der Waals surface area contributed by atoms with Gasteiger partial charge in [0.05, 0.1) is 11.6 Å². The van der Waals surface area contributed by atoms with Crippen molar-refractivity contribution in [3.63, 3.8) is 0 Å². The Morgan fingerprint density at radius 3 is 2.39 bits per heavy atom. The molecule has 2 aromatic carbocycles. The van der Waals surface area contributed by atoms with Crippen molar-refractivity contribution in [3.05, 3.63) is 71.3 Å². The van der Waals surface area contributed by atoms with E-state index in [1.807, 2.05) is 30.3 Å². The molecule has 0 saturated heterocycles. The molecule has 0 aromatic heterocycles. The molecule has 0 aliphatic carbocycles. The molecule has 0 radical (unpaired) electrons. The van der Waals surface area contributed by atoms with Crippen LogP contribution in [-0.2, 0) is 17.8 Å². The van der Waals surface area contributed by atoms with E-state index in [1.54, 1.807) is 12.1 Å². The van der Waals surface area contributed by atoms with E-state index >= 15 is 0 Å². The monoisotopic (exact) mass is 307 g/mol. The van der Waals surface area contributed by atoms with Gasteiger partial charge in [-0.1, -0.05) is 42.5 Å². The number of rotatable bonds is 8. The van der Waals surface area contributed by atoms with Crippen molar-refractivity contribution < 1.29 is 4.79 Å². The number of benzene rings is 2. The molecular weight excluding hydrogens is 286 g/mol. The quantitative estimate of drug-likeness (QED) is 0.736. The Hall–Kier alpha value is -2.64. The molecule has 2 aromatic rings. The standard InChI is InChI=1S/C19H21N3O/c20-14-17-6-8-18(9-7-17)15-22-19(23)11-13-21-12-10-16-4-2-1-3-5-16/h1-9,21H,10-13,15H2,(H,22,23). The van der Waals surface area contributed by atoms with Gasteiger partial charge in [0.25, 0.3) is 0 Å². The molecule has 0 atom stereocenters. The third-order valence-corrected chi connectivity index (χ3v) is 3.53. The zero-order chi connectivity index (χ0) is 16.3. The van der Waals surface area contributed by atoms with Gasteiger partial charge in [0.15, 0.2) is 0 Å². The van der Waals surface area contributed by atoms with Gasteiger partial charge >= 0.3 is 0 Å². The fourth-order valence-corrected chi connectivity index (χ4v) is 2.19. The molecule has 0 aliphatic rings. The number of nitrogens with zero attached hydrogens (tertiary/aromatic N) is 1. The Kier molecular flexibility index (Phi) is 6.83. The summed E-state index contributed by atoms with van der Waals surface area (Å²) in [4.78, 5) is 11.8. The van der Waals surface area contributed by atoms with Crippen molar-refractivity contribution in [3.8, 4) is 6.07 Å². The van der Waals surface area contributed by atoms with Gasteiger partial charge in [0.2, 0.25) is 5.91 Å². The Morgan fingerprint density at radius 2 is 1.70 bits per heavy atom. The van der Waals surface area contributed by atoms with Crippen LogP contribution >= 0.6 is 0 Å². The molecule has 1 amide bonds. The van der Waals surface area contributed by atoms with Gasteiger partial charge in [-0.25, -0.2) is 0 Å². The normalized spacial score (nSPS) is 10.0. The first kappa shape index (κ1) is 16.7. The highest BCUT2D eigenvalue weighted by atomic mass is 16.1. The van der Waals surface area contributed by atoms with Gasteiger partial charge in [0, 0.05) is 19.5 Å². The molecule has 118 valence electrons. The number of hydrogen-bond donors (Lipinski definition) is 2. The first-order chi connectivity index (χ1) is 11.3. The van der Waals surface area contributed by atoms with Crippen LogP contribution in [0.25, 0.3) is 0 Å². The highest BCUT2D eigenvalue weighted by molar-refractivity contribution is 5.76. The minimum Gasteiger partial charge on any atom is -0.352 e. The highest BCUT2D eigenvalue weighted by Crippen LogP contribution is 2.03. The minimum absolute atomic E-state index is 0.0292. The molecule has 0 fully saturated rings. The second kappa shape index (κ2) is 9.39. The van der Waals surface area contributed by atoms with E-state index in [9.17, 15) is 4.79 Å². The van der Waals surface area contributed by atoms with E-state index in [4.69, 9.17) is 5.26 Å². The van der Waals surface area contributed by atoms with Crippen molar-refractivity contribution >= 4 is 5.91 Å². The first-order valence-electron chi connectivity index (χ1n) is 7.78. The van der Waals surface area contributed by atoms with Crippen molar-refractivity contribution in [2.45, 2.75) is 19.4 Å². The number of carbonyl (C=O) groups excluding carboxylic acids is 1. The maximum atomic E-state index is 11.8. The summed E-state index contributed by atoms with van der Waals surface area (Å²) in [6.45, 7) is 2.04. The molecule has 4 heteroatoms. The maximum Gasteiger partial charge on any atom is 0.221 e. The number of nitriles is 1. The molecule has 0 spiro atoms. The first-order valence-corrected chi connectivity index (χ1v) is 7.78. The molecule has 2 N–H and O–H groups in total. The predicted molar refractivity (Wildman–Crippen MR) is 90.6 cm³/mol. The lowest BCUT2D eigenvalue weighted by atomic mass is 10.1. The number of nitrogens with one attached hydrogen (secondary N) is 2. The molecule has 2 rings (SSSR count). The van der Waals surface area contributed by atoms with Crippen molar-refractivity contribution in [2.24, 2.45) is 0 Å². The Balaban J connectivity index is 1.57. The van der Waals surface area contributed by atoms with Crippen LogP contribution in [0.4, 0.5) is 0 Å². The molecular formula is C19H21N3O. The number of amides is 1. The second-order valence-corrected chi connectivity index (χ2v) is 5.32. The summed E-state index contributed by atoms with van der Waals surface area (Å²) in [5.41, 5.74) is 2.92. The Morgan fingerprint density at radius 1 is 0.957 bits per heavy atom. The van der Waals surface area contributed by atoms with Crippen LogP contribution in [-0.4, -0.2) is 19.0 Å². The summed E-state index contributed by atoms with van der Waals surface area (Å²) in [6, 6.07) is 19.6. The van der Waals surface area contributed by atoms with Crippen LogP contribution in [0.2, 0.25) is 0 Å². The fourth-order valence-electron chi connectivity index (χ4n) is 2.19. The zero-order valence-corrected chi connectivity index (χ0v) is 13.1. The second-order valence-electron chi connectivity index (χ2n) is 5.32. The van der Waals surface area contributed by atoms with Crippen LogP contribution in [0.3, 0.4) is 0 Å². The van der Waals surface area contributed by atoms with Crippen LogP contribution in [0.15, 0.2) is 54.6 Å². The largest absolute Gasteiger partial charge is 0.352 e. The molecule has 23 heavy (non-hydrogen) atoms. The van der Waals surface area contributed by atoms with E-state index in [2.05, 4.69) is 28.8 Å². The summed E-state index contributed by atoms with van der Waals surface area (Å²) < 4.78 is 0. The van der Waals surface area contributed by atoms with Gasteiger partial charge in [-0.15, -0.1) is 0 Å². The van der Waals surface area contributed by atoms with E-state index in [-0.39, 0.29) is 5.91 Å². The third kappa shape index (κ3) is 6.33. The lowest BCUT2D eigenvalue weighted by Gasteiger charge is -2.07. The van der Waals surface area contributed by atoms with Gasteiger partial charge < -0.3 is 10.6 Å². The molecule has 0 aliphatic heterocycles. The van der Waals surface area contributed by atoms with Gasteiger partial charge in [-0.2, -0.15) is 5.26 Å². The van der Waals surface area contributed by atoms with Crippen molar-refractivity contribution in [2.75, 3.05) is 13.1 Å². The minimum atomic E-state index is 0.0292. The number of carbonyl (C=O) groups is 1. The molecule has 0 saturated carbocycles. The van der Waals surface area contributed by atoms with Gasteiger partial charge in [-0.05, 0) is 36.2 Å². The van der Waals surface area contributed by atoms with Crippen LogP contribution in [0.1, 0.15) is 23.1 Å². The molecule has 4 nitrogen and oxygen atoms in total. The lowest BCUT2D eigenvalue weighted by Crippen LogP contribution is -2.28. The average Bonchev–Trinajstić information content (AvgIpc) is 2.61. The van der Waals surface area contributed by atoms with Crippen molar-refractivity contribution in [1.82, 2.24) is 10.6 Å². The highest BCUT2D eigenvalue weighted by Gasteiger charge is 2.01. The van der Waals surface area contributed by atoms with Gasteiger partial charge in [-0.3, -0.25) is 4.79 Å². The van der Waals surface area contributed by atoms with Crippen LogP contribution < -0.4 is 10.6 Å². The Bertz CT molecular complexity index is 645. The predicted octanol–water partition coefficient (Wildman–Crippen LogP) is 2.40. The van der Waals surface area contributed by atoms with E-state index in [1.165, 1.54) is 5.56 Å². The summed E-state index contributed by atoms with van der Waals surface area (Å²) in [6.07, 6.45) is 1.43. The summed E-state index contributed by atoms with van der Waals surface area (Å²) in [5, 5.41) is 14.9. The topological polar surface area (TPSA) is 64.9 Å². The lowest BCUT2D eigenvalue weighted by molar-refractivity contribution is -0.121. The smallest absolute Gasteiger partial charge is 0.221 e. The third-order valence-electron chi connectivity index (χ3n) is 3.53. The van der Waals surface area contributed by atoms with Gasteiger partial charge in [0.1, 0.15) is 0 Å². The summed E-state index contributed by atoms with van der Waals surface area (Å²) >= 11 is 0. The SMILES string of the molecule is N#Cc1ccc(CNC(=O)CCNCCc2ccccc2)cc1. The molecule has 0 unspecified atom stereocenters. The van der Waals surface area contributed by atoms with E-state index in [0.717, 1.165) is 18.5 Å². The Labute approximate surface area is 137 Å². The van der Waals surface area contributed by atoms with Crippen molar-refractivity contribution in [1.29, 1.82) is 5.26 Å². The number of hydrogen-bond acceptors (Lipinski definition) is 3. The molecule has 0 heterocycles. The average molecular weight is 307 g/mol. The molecule has 0 bridgehead atoms.